The first kappa shape index (κ1) is 15.9. The second kappa shape index (κ2) is 6.13. The monoisotopic (exact) mass is 312 g/mol. The maximum Gasteiger partial charge on any atom is 0.337 e. The minimum atomic E-state index is -3.62. The molecule has 0 bridgehead atoms. The summed E-state index contributed by atoms with van der Waals surface area (Å²) in [5.41, 5.74) is 6.71. The molecule has 0 spiro atoms. The Kier molecular flexibility index (Phi) is 4.65. The van der Waals surface area contributed by atoms with Crippen LogP contribution < -0.4 is 10.5 Å². The van der Waals surface area contributed by atoms with Gasteiger partial charge in [-0.2, -0.15) is 0 Å². The van der Waals surface area contributed by atoms with Crippen molar-refractivity contribution in [2.45, 2.75) is 30.7 Å². The second-order valence-electron chi connectivity index (χ2n) is 5.33. The van der Waals surface area contributed by atoms with E-state index in [-0.39, 0.29) is 17.5 Å². The van der Waals surface area contributed by atoms with Crippen LogP contribution in [0.1, 0.15) is 28.8 Å². The van der Waals surface area contributed by atoms with Crippen LogP contribution in [0, 0.1) is 12.8 Å². The number of esters is 1. The Morgan fingerprint density at radius 3 is 2.67 bits per heavy atom. The van der Waals surface area contributed by atoms with Crippen molar-refractivity contribution in [3.8, 4) is 0 Å². The fraction of sp³-hybridized carbons (Fsp3) is 0.500. The smallest absolute Gasteiger partial charge is 0.337 e. The van der Waals surface area contributed by atoms with Crippen LogP contribution >= 0.6 is 0 Å². The fourth-order valence-corrected chi connectivity index (χ4v) is 3.47. The molecule has 0 heterocycles. The third-order valence-corrected chi connectivity index (χ3v) is 5.21. The Labute approximate surface area is 124 Å². The molecule has 1 aliphatic rings. The highest BCUT2D eigenvalue weighted by atomic mass is 32.2. The van der Waals surface area contributed by atoms with E-state index >= 15 is 0 Å². The van der Waals surface area contributed by atoms with Gasteiger partial charge < -0.3 is 10.5 Å². The molecule has 3 N–H and O–H groups in total. The minimum absolute atomic E-state index is 0.144. The molecule has 7 heteroatoms. The summed E-state index contributed by atoms with van der Waals surface area (Å²) < 4.78 is 31.7. The topological polar surface area (TPSA) is 98.5 Å². The van der Waals surface area contributed by atoms with Crippen LogP contribution in [0.5, 0.6) is 0 Å². The molecule has 1 unspecified atom stereocenters. The van der Waals surface area contributed by atoms with Crippen molar-refractivity contribution in [2.24, 2.45) is 11.7 Å². The molecule has 2 rings (SSSR count). The Bertz CT molecular complexity index is 638. The highest BCUT2D eigenvalue weighted by Gasteiger charge is 2.29. The van der Waals surface area contributed by atoms with Crippen molar-refractivity contribution in [1.29, 1.82) is 0 Å². The summed E-state index contributed by atoms with van der Waals surface area (Å²) in [4.78, 5) is 11.6. The van der Waals surface area contributed by atoms with Gasteiger partial charge in [-0.1, -0.05) is 0 Å². The predicted molar refractivity (Wildman–Crippen MR) is 78.4 cm³/mol. The molecule has 0 amide bonds. The van der Waals surface area contributed by atoms with E-state index in [1.807, 2.05) is 0 Å². The van der Waals surface area contributed by atoms with Gasteiger partial charge in [-0.05, 0) is 49.4 Å². The van der Waals surface area contributed by atoms with E-state index in [9.17, 15) is 13.2 Å². The first-order valence-corrected chi connectivity index (χ1v) is 8.27. The molecule has 1 aromatic carbocycles. The molecular formula is C14H20N2O4S. The number of carbonyl (C=O) groups is 1. The maximum absolute atomic E-state index is 12.3. The third kappa shape index (κ3) is 3.81. The predicted octanol–water partition coefficient (Wildman–Crippen LogP) is 0.797. The first-order chi connectivity index (χ1) is 9.85. The van der Waals surface area contributed by atoms with Gasteiger partial charge in [0.05, 0.1) is 17.6 Å². The largest absolute Gasteiger partial charge is 0.465 e. The van der Waals surface area contributed by atoms with Gasteiger partial charge in [-0.3, -0.25) is 0 Å². The number of hydrogen-bond acceptors (Lipinski definition) is 5. The summed E-state index contributed by atoms with van der Waals surface area (Å²) in [6.07, 6.45) is 2.13. The van der Waals surface area contributed by atoms with Crippen LogP contribution in [0.15, 0.2) is 23.1 Å². The van der Waals surface area contributed by atoms with Crippen LogP contribution in [0.2, 0.25) is 0 Å². The van der Waals surface area contributed by atoms with E-state index in [1.165, 1.54) is 25.3 Å². The zero-order chi connectivity index (χ0) is 15.6. The zero-order valence-corrected chi connectivity index (χ0v) is 12.9. The number of ether oxygens (including phenoxy) is 1. The van der Waals surface area contributed by atoms with Crippen molar-refractivity contribution < 1.29 is 17.9 Å². The maximum atomic E-state index is 12.3. The number of aryl methyl sites for hydroxylation is 1. The van der Waals surface area contributed by atoms with Gasteiger partial charge in [0.2, 0.25) is 10.0 Å². The lowest BCUT2D eigenvalue weighted by Crippen LogP contribution is -2.38. The molecule has 0 aliphatic heterocycles. The molecule has 21 heavy (non-hydrogen) atoms. The Morgan fingerprint density at radius 1 is 1.48 bits per heavy atom. The van der Waals surface area contributed by atoms with Gasteiger partial charge in [0.1, 0.15) is 0 Å². The summed E-state index contributed by atoms with van der Waals surface area (Å²) in [5, 5.41) is 0. The number of methoxy groups -OCH3 is 1. The number of hydrogen-bond donors (Lipinski definition) is 2. The van der Waals surface area contributed by atoms with Crippen molar-refractivity contribution in [2.75, 3.05) is 13.7 Å². The van der Waals surface area contributed by atoms with E-state index in [0.29, 0.717) is 17.0 Å². The molecule has 1 aromatic rings. The van der Waals surface area contributed by atoms with Gasteiger partial charge in [0, 0.05) is 12.6 Å². The lowest BCUT2D eigenvalue weighted by atomic mass is 10.1. The molecule has 0 radical (unpaired) electrons. The average Bonchev–Trinajstić information content (AvgIpc) is 3.28. The molecule has 116 valence electrons. The SMILES string of the molecule is COC(=O)c1ccc(S(=O)(=O)NCC(N)C2CC2)c(C)c1. The molecule has 0 saturated heterocycles. The number of carbonyl (C=O) groups excluding carboxylic acids is 1. The van der Waals surface area contributed by atoms with Gasteiger partial charge in [-0.15, -0.1) is 0 Å². The van der Waals surface area contributed by atoms with Gasteiger partial charge in [0.25, 0.3) is 0 Å². The van der Waals surface area contributed by atoms with E-state index in [1.54, 1.807) is 6.92 Å². The molecule has 1 saturated carbocycles. The Hall–Kier alpha value is -1.44. The van der Waals surface area contributed by atoms with Gasteiger partial charge >= 0.3 is 5.97 Å². The van der Waals surface area contributed by atoms with Crippen molar-refractivity contribution in [1.82, 2.24) is 4.72 Å². The standard InChI is InChI=1S/C14H20N2O4S/c1-9-7-11(14(17)20-2)5-6-13(9)21(18,19)16-8-12(15)10-3-4-10/h5-7,10,12,16H,3-4,8,15H2,1-2H3. The number of rotatable bonds is 6. The molecule has 0 aromatic heterocycles. The lowest BCUT2D eigenvalue weighted by molar-refractivity contribution is 0.0600. The molecule has 6 nitrogen and oxygen atoms in total. The minimum Gasteiger partial charge on any atom is -0.465 e. The van der Waals surface area contributed by atoms with Crippen LogP contribution in [0.4, 0.5) is 0 Å². The Morgan fingerprint density at radius 2 is 2.14 bits per heavy atom. The van der Waals surface area contributed by atoms with Crippen LogP contribution in [0.3, 0.4) is 0 Å². The zero-order valence-electron chi connectivity index (χ0n) is 12.1. The van der Waals surface area contributed by atoms with Crippen LogP contribution in [0.25, 0.3) is 0 Å². The second-order valence-corrected chi connectivity index (χ2v) is 7.06. The third-order valence-electron chi connectivity index (χ3n) is 3.62. The molecular weight excluding hydrogens is 292 g/mol. The molecule has 1 atom stereocenters. The highest BCUT2D eigenvalue weighted by Crippen LogP contribution is 2.31. The van der Waals surface area contributed by atoms with Crippen LogP contribution in [-0.4, -0.2) is 34.1 Å². The number of benzene rings is 1. The van der Waals surface area contributed by atoms with Crippen LogP contribution in [-0.2, 0) is 14.8 Å². The summed E-state index contributed by atoms with van der Waals surface area (Å²) >= 11 is 0. The summed E-state index contributed by atoms with van der Waals surface area (Å²) in [6, 6.07) is 4.21. The number of nitrogens with two attached hydrogens (primary N) is 1. The van der Waals surface area contributed by atoms with Gasteiger partial charge in [-0.25, -0.2) is 17.9 Å². The highest BCUT2D eigenvalue weighted by molar-refractivity contribution is 7.89. The van der Waals surface area contributed by atoms with E-state index in [0.717, 1.165) is 12.8 Å². The average molecular weight is 312 g/mol. The quantitative estimate of drug-likeness (QED) is 0.757. The fourth-order valence-electron chi connectivity index (χ4n) is 2.17. The summed E-state index contributed by atoms with van der Waals surface area (Å²) in [5.74, 6) is -0.0683. The first-order valence-electron chi connectivity index (χ1n) is 6.79. The summed E-state index contributed by atoms with van der Waals surface area (Å²) in [6.45, 7) is 1.87. The van der Waals surface area contributed by atoms with E-state index < -0.39 is 16.0 Å². The summed E-state index contributed by atoms with van der Waals surface area (Å²) in [7, 11) is -2.34. The number of nitrogens with one attached hydrogen (secondary N) is 1. The normalized spacial score (nSPS) is 16.5. The van der Waals surface area contributed by atoms with Gasteiger partial charge in [0.15, 0.2) is 0 Å². The van der Waals surface area contributed by atoms with E-state index in [2.05, 4.69) is 9.46 Å². The molecule has 1 aliphatic carbocycles. The van der Waals surface area contributed by atoms with Crippen molar-refractivity contribution in [3.05, 3.63) is 29.3 Å². The lowest BCUT2D eigenvalue weighted by Gasteiger charge is -2.13. The Balaban J connectivity index is 2.13. The van der Waals surface area contributed by atoms with Crippen molar-refractivity contribution in [3.63, 3.8) is 0 Å². The molecule has 1 fully saturated rings. The van der Waals surface area contributed by atoms with Crippen molar-refractivity contribution >= 4 is 16.0 Å². The van der Waals surface area contributed by atoms with E-state index in [4.69, 9.17) is 5.73 Å². The number of sulfonamides is 1.